The van der Waals surface area contributed by atoms with Crippen molar-refractivity contribution in [3.05, 3.63) is 54.6 Å². The standard InChI is InChI=1S/C20H25N3O4/c1-23(2,3)14-16(13-19(24)25)22-20(26)21-15-8-7-11-18(12-15)27-17-9-5-4-6-10-17/h4-12,16H,13-14H2,1-3H3,(H2-,21,22,24,25,26). The first-order chi connectivity index (χ1) is 12.7. The van der Waals surface area contributed by atoms with Crippen LogP contribution in [0.25, 0.3) is 0 Å². The molecule has 0 heterocycles. The van der Waals surface area contributed by atoms with E-state index in [2.05, 4.69) is 10.6 Å². The second kappa shape index (κ2) is 9.05. The van der Waals surface area contributed by atoms with E-state index in [1.54, 1.807) is 24.3 Å². The van der Waals surface area contributed by atoms with Gasteiger partial charge in [0.15, 0.2) is 0 Å². The minimum absolute atomic E-state index is 0.250. The Morgan fingerprint density at radius 2 is 1.70 bits per heavy atom. The highest BCUT2D eigenvalue weighted by molar-refractivity contribution is 5.89. The first-order valence-corrected chi connectivity index (χ1v) is 8.62. The van der Waals surface area contributed by atoms with Gasteiger partial charge in [0.05, 0.1) is 33.7 Å². The summed E-state index contributed by atoms with van der Waals surface area (Å²) in [6, 6.07) is 15.3. The number of para-hydroxylation sites is 1. The Hall–Kier alpha value is -3.06. The molecule has 0 fully saturated rings. The number of anilines is 1. The topological polar surface area (TPSA) is 90.5 Å². The van der Waals surface area contributed by atoms with Crippen molar-refractivity contribution < 1.29 is 23.9 Å². The van der Waals surface area contributed by atoms with Crippen LogP contribution in [0.15, 0.2) is 54.6 Å². The normalized spacial score (nSPS) is 12.1. The van der Waals surface area contributed by atoms with Gasteiger partial charge in [-0.1, -0.05) is 24.3 Å². The van der Waals surface area contributed by atoms with Gasteiger partial charge in [-0.15, -0.1) is 0 Å². The maximum absolute atomic E-state index is 12.3. The highest BCUT2D eigenvalue weighted by Gasteiger charge is 2.20. The highest BCUT2D eigenvalue weighted by atomic mass is 16.5. The fourth-order valence-corrected chi connectivity index (χ4v) is 2.64. The van der Waals surface area contributed by atoms with Crippen molar-refractivity contribution in [1.82, 2.24) is 5.32 Å². The van der Waals surface area contributed by atoms with E-state index in [0.29, 0.717) is 28.2 Å². The summed E-state index contributed by atoms with van der Waals surface area (Å²) in [5.41, 5.74) is 0.540. The van der Waals surface area contributed by atoms with Crippen molar-refractivity contribution in [2.24, 2.45) is 0 Å². The van der Waals surface area contributed by atoms with E-state index < -0.39 is 18.0 Å². The quantitative estimate of drug-likeness (QED) is 0.693. The fraction of sp³-hybridized carbons (Fsp3) is 0.300. The maximum atomic E-state index is 12.3. The van der Waals surface area contributed by atoms with Gasteiger partial charge in [-0.05, 0) is 24.3 Å². The smallest absolute Gasteiger partial charge is 0.319 e. The average molecular weight is 371 g/mol. The van der Waals surface area contributed by atoms with E-state index >= 15 is 0 Å². The molecule has 2 N–H and O–H groups in total. The molecule has 0 aliphatic rings. The lowest BCUT2D eigenvalue weighted by Gasteiger charge is -2.30. The van der Waals surface area contributed by atoms with Crippen LogP contribution in [0.4, 0.5) is 10.5 Å². The van der Waals surface area contributed by atoms with Crippen LogP contribution in [0.1, 0.15) is 6.42 Å². The van der Waals surface area contributed by atoms with E-state index in [4.69, 9.17) is 4.74 Å². The number of amides is 2. The molecule has 2 amide bonds. The molecule has 0 bridgehead atoms. The van der Waals surface area contributed by atoms with Crippen LogP contribution in [-0.2, 0) is 4.79 Å². The average Bonchev–Trinajstić information content (AvgIpc) is 2.53. The van der Waals surface area contributed by atoms with Gasteiger partial charge in [-0.2, -0.15) is 0 Å². The summed E-state index contributed by atoms with van der Waals surface area (Å²) in [4.78, 5) is 23.2. The Kier molecular flexibility index (Phi) is 6.79. The second-order valence-electron chi connectivity index (χ2n) is 7.29. The molecule has 2 aromatic carbocycles. The number of benzene rings is 2. The molecule has 0 radical (unpaired) electrons. The summed E-state index contributed by atoms with van der Waals surface area (Å²) >= 11 is 0. The van der Waals surface area contributed by atoms with Crippen LogP contribution >= 0.6 is 0 Å². The van der Waals surface area contributed by atoms with Crippen LogP contribution in [-0.4, -0.2) is 50.2 Å². The molecule has 27 heavy (non-hydrogen) atoms. The molecule has 0 aliphatic heterocycles. The molecule has 0 saturated carbocycles. The predicted octanol–water partition coefficient (Wildman–Crippen LogP) is 1.82. The first-order valence-electron chi connectivity index (χ1n) is 8.62. The number of carbonyl (C=O) groups is 2. The van der Waals surface area contributed by atoms with Gasteiger partial charge in [0.2, 0.25) is 0 Å². The van der Waals surface area contributed by atoms with Gasteiger partial charge >= 0.3 is 6.03 Å². The highest BCUT2D eigenvalue weighted by Crippen LogP contribution is 2.23. The molecule has 2 rings (SSSR count). The third kappa shape index (κ3) is 7.79. The molecule has 2 aromatic rings. The Morgan fingerprint density at radius 1 is 1.04 bits per heavy atom. The third-order valence-corrected chi connectivity index (χ3v) is 3.59. The zero-order chi connectivity index (χ0) is 19.9. The van der Waals surface area contributed by atoms with Crippen molar-refractivity contribution in [2.75, 3.05) is 33.0 Å². The van der Waals surface area contributed by atoms with Crippen molar-refractivity contribution >= 4 is 17.7 Å². The molecule has 7 nitrogen and oxygen atoms in total. The number of aliphatic carboxylic acids is 1. The zero-order valence-electron chi connectivity index (χ0n) is 15.8. The zero-order valence-corrected chi connectivity index (χ0v) is 15.8. The first kappa shape index (κ1) is 20.3. The lowest BCUT2D eigenvalue weighted by molar-refractivity contribution is -0.871. The summed E-state index contributed by atoms with van der Waals surface area (Å²) in [6.07, 6.45) is -0.250. The molecule has 1 atom stereocenters. The molecule has 0 aromatic heterocycles. The number of likely N-dealkylation sites (N-methyl/N-ethyl adjacent to an activating group) is 1. The van der Waals surface area contributed by atoms with Gasteiger partial charge in [0, 0.05) is 24.1 Å². The summed E-state index contributed by atoms with van der Waals surface area (Å²) in [7, 11) is 5.77. The van der Waals surface area contributed by atoms with E-state index in [1.807, 2.05) is 51.5 Å². The number of nitrogens with one attached hydrogen (secondary N) is 2. The van der Waals surface area contributed by atoms with Crippen LogP contribution < -0.4 is 20.5 Å². The number of urea groups is 1. The number of hydrogen-bond acceptors (Lipinski definition) is 4. The molecular formula is C20H25N3O4. The van der Waals surface area contributed by atoms with Crippen LogP contribution in [0, 0.1) is 0 Å². The molecule has 0 saturated heterocycles. The summed E-state index contributed by atoms with van der Waals surface area (Å²) in [6.45, 7) is 0.457. The van der Waals surface area contributed by atoms with Crippen molar-refractivity contribution in [3.63, 3.8) is 0 Å². The molecule has 0 spiro atoms. The van der Waals surface area contributed by atoms with Crippen molar-refractivity contribution in [2.45, 2.75) is 12.5 Å². The summed E-state index contributed by atoms with van der Waals surface area (Å²) < 4.78 is 6.25. The summed E-state index contributed by atoms with van der Waals surface area (Å²) in [5.74, 6) is 0.0692. The summed E-state index contributed by atoms with van der Waals surface area (Å²) in [5, 5.41) is 16.3. The lowest BCUT2D eigenvalue weighted by atomic mass is 10.2. The predicted molar refractivity (Wildman–Crippen MR) is 101 cm³/mol. The largest absolute Gasteiger partial charge is 0.550 e. The van der Waals surface area contributed by atoms with E-state index in [0.717, 1.165) is 0 Å². The second-order valence-corrected chi connectivity index (χ2v) is 7.29. The minimum Gasteiger partial charge on any atom is -0.550 e. The maximum Gasteiger partial charge on any atom is 0.319 e. The number of quaternary nitrogens is 1. The van der Waals surface area contributed by atoms with E-state index in [-0.39, 0.29) is 6.42 Å². The number of rotatable bonds is 8. The Morgan fingerprint density at radius 3 is 2.33 bits per heavy atom. The Labute approximate surface area is 159 Å². The van der Waals surface area contributed by atoms with Crippen LogP contribution in [0.3, 0.4) is 0 Å². The number of carboxylic acids is 1. The number of hydrogen-bond donors (Lipinski definition) is 2. The van der Waals surface area contributed by atoms with Crippen LogP contribution in [0.2, 0.25) is 0 Å². The number of ether oxygens (including phenoxy) is 1. The van der Waals surface area contributed by atoms with E-state index in [1.165, 1.54) is 0 Å². The third-order valence-electron chi connectivity index (χ3n) is 3.59. The molecule has 144 valence electrons. The van der Waals surface area contributed by atoms with Gasteiger partial charge < -0.3 is 29.8 Å². The number of carbonyl (C=O) groups excluding carboxylic acids is 2. The molecule has 7 heteroatoms. The van der Waals surface area contributed by atoms with E-state index in [9.17, 15) is 14.7 Å². The fourth-order valence-electron chi connectivity index (χ4n) is 2.64. The minimum atomic E-state index is -1.20. The molecule has 1 unspecified atom stereocenters. The van der Waals surface area contributed by atoms with Gasteiger partial charge in [0.1, 0.15) is 11.5 Å². The van der Waals surface area contributed by atoms with Gasteiger partial charge in [-0.3, -0.25) is 0 Å². The SMILES string of the molecule is C[N+](C)(C)CC(CC(=O)[O-])NC(=O)Nc1cccc(Oc2ccccc2)c1. The molecular weight excluding hydrogens is 346 g/mol. The van der Waals surface area contributed by atoms with Gasteiger partial charge in [0.25, 0.3) is 0 Å². The van der Waals surface area contributed by atoms with Crippen molar-refractivity contribution in [1.29, 1.82) is 0 Å². The number of carboxylic acid groups (broad SMARTS) is 1. The van der Waals surface area contributed by atoms with Crippen LogP contribution in [0.5, 0.6) is 11.5 Å². The Bertz CT molecular complexity index is 772. The van der Waals surface area contributed by atoms with Crippen molar-refractivity contribution in [3.8, 4) is 11.5 Å². The van der Waals surface area contributed by atoms with Gasteiger partial charge in [-0.25, -0.2) is 4.79 Å². The monoisotopic (exact) mass is 371 g/mol. The molecule has 0 aliphatic carbocycles. The number of nitrogens with zero attached hydrogens (tertiary/aromatic N) is 1. The Balaban J connectivity index is 1.99. The lowest BCUT2D eigenvalue weighted by Crippen LogP contribution is -2.51.